The number of halogens is 2. The Morgan fingerprint density at radius 3 is 2.42 bits per heavy atom. The Kier molecular flexibility index (Phi) is 4.02. The van der Waals surface area contributed by atoms with Crippen LogP contribution in [0.3, 0.4) is 0 Å². The maximum atomic E-state index is 13.5. The topological polar surface area (TPSA) is 89.8 Å². The molecule has 0 amide bonds. The number of carboxylic acid groups (broad SMARTS) is 1. The second kappa shape index (κ2) is 6.00. The number of alkyl halides is 2. The molecule has 2 saturated heterocycles. The monoisotopic (exact) mass is 368 g/mol. The molecule has 5 atom stereocenters. The van der Waals surface area contributed by atoms with Crippen molar-refractivity contribution >= 4 is 17.7 Å². The van der Waals surface area contributed by atoms with Crippen molar-refractivity contribution in [2.75, 3.05) is 29.4 Å². The van der Waals surface area contributed by atoms with Crippen molar-refractivity contribution in [2.45, 2.75) is 38.8 Å². The zero-order valence-corrected chi connectivity index (χ0v) is 14.6. The molecule has 9 heteroatoms. The number of piperidine rings is 1. The number of aliphatic hydroxyl groups is 1. The van der Waals surface area contributed by atoms with Crippen LogP contribution >= 0.6 is 0 Å². The maximum absolute atomic E-state index is 13.5. The smallest absolute Gasteiger partial charge is 0.303 e. The van der Waals surface area contributed by atoms with Gasteiger partial charge in [-0.3, -0.25) is 4.79 Å². The lowest BCUT2D eigenvalue weighted by molar-refractivity contribution is -0.137. The third-order valence-electron chi connectivity index (χ3n) is 6.12. The Morgan fingerprint density at radius 1 is 1.27 bits per heavy atom. The van der Waals surface area contributed by atoms with Gasteiger partial charge in [-0.15, -0.1) is 0 Å². The normalized spacial score (nSPS) is 32.6. The van der Waals surface area contributed by atoms with Crippen LogP contribution in [0.15, 0.2) is 0 Å². The van der Waals surface area contributed by atoms with E-state index in [9.17, 15) is 18.7 Å². The number of nitrogens with zero attached hydrogens (tertiary/aromatic N) is 4. The number of aliphatic hydroxyl groups excluding tert-OH is 1. The molecular formula is C17H22F2N4O3. The van der Waals surface area contributed by atoms with Gasteiger partial charge in [0.25, 0.3) is 6.43 Å². The molecule has 26 heavy (non-hydrogen) atoms. The number of fused-ring (bicyclic) bond motifs is 1. The van der Waals surface area contributed by atoms with E-state index in [0.29, 0.717) is 42.9 Å². The summed E-state index contributed by atoms with van der Waals surface area (Å²) >= 11 is 0. The minimum Gasteiger partial charge on any atom is -0.481 e. The van der Waals surface area contributed by atoms with Crippen molar-refractivity contribution < 1.29 is 23.8 Å². The van der Waals surface area contributed by atoms with Crippen LogP contribution in [0.5, 0.6) is 0 Å². The summed E-state index contributed by atoms with van der Waals surface area (Å²) in [5, 5.41) is 18.6. The number of hydrogen-bond acceptors (Lipinski definition) is 6. The van der Waals surface area contributed by atoms with Crippen molar-refractivity contribution in [3.05, 3.63) is 11.3 Å². The van der Waals surface area contributed by atoms with Crippen molar-refractivity contribution in [2.24, 2.45) is 17.8 Å². The van der Waals surface area contributed by atoms with Gasteiger partial charge < -0.3 is 20.0 Å². The van der Waals surface area contributed by atoms with E-state index in [0.717, 1.165) is 0 Å². The van der Waals surface area contributed by atoms with Gasteiger partial charge in [0, 0.05) is 31.6 Å². The van der Waals surface area contributed by atoms with Crippen LogP contribution in [0.4, 0.5) is 20.5 Å². The van der Waals surface area contributed by atoms with E-state index in [4.69, 9.17) is 5.11 Å². The van der Waals surface area contributed by atoms with Crippen LogP contribution in [0, 0.1) is 24.7 Å². The molecular weight excluding hydrogens is 346 g/mol. The van der Waals surface area contributed by atoms with E-state index in [-0.39, 0.29) is 30.0 Å². The summed E-state index contributed by atoms with van der Waals surface area (Å²) in [6.07, 6.45) is -3.04. The van der Waals surface area contributed by atoms with E-state index in [1.54, 1.807) is 18.7 Å². The number of anilines is 2. The van der Waals surface area contributed by atoms with E-state index in [1.165, 1.54) is 0 Å². The van der Waals surface area contributed by atoms with Gasteiger partial charge in [0.15, 0.2) is 0 Å². The van der Waals surface area contributed by atoms with Gasteiger partial charge in [-0.1, -0.05) is 0 Å². The Hall–Kier alpha value is -2.03. The highest BCUT2D eigenvalue weighted by molar-refractivity contribution is 5.68. The van der Waals surface area contributed by atoms with Crippen LogP contribution in [0.25, 0.3) is 0 Å². The first-order chi connectivity index (χ1) is 12.3. The first-order valence-electron chi connectivity index (χ1n) is 8.86. The van der Waals surface area contributed by atoms with Gasteiger partial charge in [0.2, 0.25) is 5.95 Å². The summed E-state index contributed by atoms with van der Waals surface area (Å²) < 4.78 is 27.0. The number of β-amino-alcohol motifs (C(OH)–C–C–N with tert-alkyl or cyclic N) is 1. The number of aromatic nitrogens is 2. The van der Waals surface area contributed by atoms with Crippen molar-refractivity contribution in [3.63, 3.8) is 0 Å². The molecule has 1 aromatic rings. The molecule has 1 aromatic heterocycles. The lowest BCUT2D eigenvalue weighted by Crippen LogP contribution is -2.59. The van der Waals surface area contributed by atoms with Crippen LogP contribution < -0.4 is 9.80 Å². The summed E-state index contributed by atoms with van der Waals surface area (Å²) in [7, 11) is 0. The number of aliphatic carboxylic acids is 1. The number of rotatable bonds is 5. The molecule has 7 nitrogen and oxygen atoms in total. The minimum atomic E-state index is -2.70. The molecule has 3 heterocycles. The summed E-state index contributed by atoms with van der Waals surface area (Å²) in [5.41, 5.74) is 0.0924. The zero-order chi connectivity index (χ0) is 18.7. The molecule has 0 radical (unpaired) electrons. The van der Waals surface area contributed by atoms with Crippen LogP contribution in [-0.2, 0) is 4.79 Å². The van der Waals surface area contributed by atoms with E-state index in [1.807, 2.05) is 4.90 Å². The fourth-order valence-electron chi connectivity index (χ4n) is 4.34. The average molecular weight is 368 g/mol. The molecule has 1 aliphatic carbocycles. The second-order valence-corrected chi connectivity index (χ2v) is 7.61. The van der Waals surface area contributed by atoms with Gasteiger partial charge in [-0.2, -0.15) is 4.98 Å². The summed E-state index contributed by atoms with van der Waals surface area (Å²) in [6.45, 7) is 5.02. The fraction of sp³-hybridized carbons (Fsp3) is 0.706. The maximum Gasteiger partial charge on any atom is 0.303 e. The van der Waals surface area contributed by atoms with Gasteiger partial charge in [0.05, 0.1) is 12.1 Å². The Labute approximate surface area is 149 Å². The molecule has 3 fully saturated rings. The third kappa shape index (κ3) is 2.69. The van der Waals surface area contributed by atoms with E-state index in [2.05, 4.69) is 9.97 Å². The lowest BCUT2D eigenvalue weighted by Gasteiger charge is -2.43. The highest BCUT2D eigenvalue weighted by atomic mass is 19.3. The Balaban J connectivity index is 1.58. The second-order valence-electron chi connectivity index (χ2n) is 7.61. The molecule has 1 saturated carbocycles. The van der Waals surface area contributed by atoms with Crippen LogP contribution in [0.1, 0.15) is 31.0 Å². The summed E-state index contributed by atoms with van der Waals surface area (Å²) in [6, 6.07) is -0.206. The standard InChI is InChI=1S/C17H22F2N4O3/c1-7-14(15(18)19)20-17(23-6-12(24)8(23)2)21-16(7)22-4-10-9(3-13(25)26)11(10)5-22/h8-12,15,24H,3-6H2,1-2H3,(H,25,26)/t8-,9?,10-,11+,12+/m0/s1. The molecule has 142 valence electrons. The molecule has 0 aromatic carbocycles. The van der Waals surface area contributed by atoms with Gasteiger partial charge in [-0.05, 0) is 31.6 Å². The van der Waals surface area contributed by atoms with Crippen molar-refractivity contribution in [1.82, 2.24) is 9.97 Å². The van der Waals surface area contributed by atoms with E-state index >= 15 is 0 Å². The highest BCUT2D eigenvalue weighted by Crippen LogP contribution is 2.54. The van der Waals surface area contributed by atoms with Gasteiger partial charge in [-0.25, -0.2) is 13.8 Å². The summed E-state index contributed by atoms with van der Waals surface area (Å²) in [5.74, 6) is 0.709. The number of carboxylic acids is 1. The average Bonchev–Trinajstić information content (AvgIpc) is 3.02. The third-order valence-corrected chi connectivity index (χ3v) is 6.12. The first kappa shape index (κ1) is 17.4. The van der Waals surface area contributed by atoms with Crippen LogP contribution in [0.2, 0.25) is 0 Å². The van der Waals surface area contributed by atoms with Gasteiger partial charge >= 0.3 is 5.97 Å². The number of carbonyl (C=O) groups is 1. The first-order valence-corrected chi connectivity index (χ1v) is 8.86. The highest BCUT2D eigenvalue weighted by Gasteiger charge is 2.56. The summed E-state index contributed by atoms with van der Waals surface area (Å²) in [4.78, 5) is 23.1. The molecule has 0 bridgehead atoms. The molecule has 0 spiro atoms. The predicted octanol–water partition coefficient (Wildman–Crippen LogP) is 1.45. The zero-order valence-electron chi connectivity index (χ0n) is 14.6. The predicted molar refractivity (Wildman–Crippen MR) is 89.5 cm³/mol. The van der Waals surface area contributed by atoms with E-state index < -0.39 is 18.5 Å². The molecule has 2 aliphatic heterocycles. The van der Waals surface area contributed by atoms with Crippen molar-refractivity contribution in [3.8, 4) is 0 Å². The fourth-order valence-corrected chi connectivity index (χ4v) is 4.34. The number of hydrogen-bond donors (Lipinski definition) is 2. The SMILES string of the molecule is Cc1c(C(F)F)nc(N2C[C@@H](O)[C@@H]2C)nc1N1C[C@@H]2C(CC(=O)O)[C@@H]2C1. The minimum absolute atomic E-state index is 0.169. The molecule has 3 aliphatic rings. The molecule has 4 rings (SSSR count). The molecule has 2 N–H and O–H groups in total. The van der Waals surface area contributed by atoms with Crippen molar-refractivity contribution in [1.29, 1.82) is 0 Å². The van der Waals surface area contributed by atoms with Gasteiger partial charge in [0.1, 0.15) is 11.5 Å². The quantitative estimate of drug-likeness (QED) is 0.813. The molecule has 1 unspecified atom stereocenters. The lowest BCUT2D eigenvalue weighted by atomic mass is 10.0. The largest absolute Gasteiger partial charge is 0.481 e. The Morgan fingerprint density at radius 2 is 1.92 bits per heavy atom. The van der Waals surface area contributed by atoms with Crippen LogP contribution in [-0.4, -0.2) is 57.9 Å². The Bertz CT molecular complexity index is 735.